The van der Waals surface area contributed by atoms with Gasteiger partial charge in [-0.25, -0.2) is 12.8 Å². The summed E-state index contributed by atoms with van der Waals surface area (Å²) in [6.45, 7) is 3.59. The molecule has 0 heterocycles. The number of nitrogens with one attached hydrogen (secondary N) is 1. The summed E-state index contributed by atoms with van der Waals surface area (Å²) in [5.74, 6) is -0.738. The quantitative estimate of drug-likeness (QED) is 0.516. The van der Waals surface area contributed by atoms with Gasteiger partial charge in [0, 0.05) is 12.0 Å². The Bertz CT molecular complexity index is 1110. The van der Waals surface area contributed by atoms with E-state index in [4.69, 9.17) is 0 Å². The number of hydrogen-bond acceptors (Lipinski definition) is 3. The number of hydrogen-bond donors (Lipinski definition) is 1. The first kappa shape index (κ1) is 22.7. The van der Waals surface area contributed by atoms with E-state index in [9.17, 15) is 17.6 Å². The van der Waals surface area contributed by atoms with Gasteiger partial charge in [0.2, 0.25) is 5.91 Å². The van der Waals surface area contributed by atoms with Crippen molar-refractivity contribution in [3.63, 3.8) is 0 Å². The molecule has 0 aliphatic rings. The van der Waals surface area contributed by atoms with Gasteiger partial charge in [-0.3, -0.25) is 4.79 Å². The molecule has 6 heteroatoms. The molecule has 3 rings (SSSR count). The molecule has 0 fully saturated rings. The molecular weight excluding hydrogens is 413 g/mol. The molecule has 0 bridgehead atoms. The fourth-order valence-corrected chi connectivity index (χ4v) is 5.14. The van der Waals surface area contributed by atoms with Crippen LogP contribution in [0.3, 0.4) is 0 Å². The molecule has 3 aromatic carbocycles. The van der Waals surface area contributed by atoms with Crippen molar-refractivity contribution in [1.82, 2.24) is 5.32 Å². The lowest BCUT2D eigenvalue weighted by atomic mass is 9.85. The minimum absolute atomic E-state index is 0.0144. The summed E-state index contributed by atoms with van der Waals surface area (Å²) in [5, 5.41) is 1.85. The van der Waals surface area contributed by atoms with Crippen LogP contribution in [0, 0.1) is 11.2 Å². The average Bonchev–Trinajstić information content (AvgIpc) is 2.75. The smallest absolute Gasteiger partial charge is 0.226 e. The Morgan fingerprint density at radius 1 is 0.903 bits per heavy atom. The molecule has 0 aromatic heterocycles. The van der Waals surface area contributed by atoms with Crippen LogP contribution in [-0.2, 0) is 21.1 Å². The van der Waals surface area contributed by atoms with E-state index in [0.717, 1.165) is 17.7 Å². The van der Waals surface area contributed by atoms with E-state index in [-0.39, 0.29) is 17.3 Å². The third-order valence-electron chi connectivity index (χ3n) is 5.24. The van der Waals surface area contributed by atoms with Crippen molar-refractivity contribution in [3.05, 3.63) is 102 Å². The molecule has 162 valence electrons. The SMILES string of the molecule is CC(C)(Cc1ccccc1)C(=O)NCC(c1ccccc1)S(=O)(=O)c1ccc(F)cc1. The Morgan fingerprint density at radius 2 is 1.45 bits per heavy atom. The van der Waals surface area contributed by atoms with Crippen molar-refractivity contribution in [3.8, 4) is 0 Å². The van der Waals surface area contributed by atoms with Crippen molar-refractivity contribution in [2.24, 2.45) is 5.41 Å². The second-order valence-corrected chi connectivity index (χ2v) is 10.3. The first-order chi connectivity index (χ1) is 14.7. The van der Waals surface area contributed by atoms with Gasteiger partial charge in [0.1, 0.15) is 11.1 Å². The highest BCUT2D eigenvalue weighted by Crippen LogP contribution is 2.29. The van der Waals surface area contributed by atoms with Crippen LogP contribution in [-0.4, -0.2) is 20.9 Å². The molecular formula is C25H26FNO3S. The number of benzene rings is 3. The van der Waals surface area contributed by atoms with Gasteiger partial charge in [0.25, 0.3) is 0 Å². The minimum atomic E-state index is -3.85. The summed E-state index contributed by atoms with van der Waals surface area (Å²) in [7, 11) is -3.85. The lowest BCUT2D eigenvalue weighted by Crippen LogP contribution is -2.41. The molecule has 31 heavy (non-hydrogen) atoms. The molecule has 1 amide bonds. The summed E-state index contributed by atoms with van der Waals surface area (Å²) in [4.78, 5) is 13.0. The molecule has 1 N–H and O–H groups in total. The average molecular weight is 440 g/mol. The van der Waals surface area contributed by atoms with Gasteiger partial charge in [0.15, 0.2) is 9.84 Å². The topological polar surface area (TPSA) is 63.2 Å². The summed E-state index contributed by atoms with van der Waals surface area (Å²) in [6, 6.07) is 23.2. The number of carbonyl (C=O) groups is 1. The second kappa shape index (κ2) is 9.43. The first-order valence-corrected chi connectivity index (χ1v) is 11.6. The zero-order valence-electron chi connectivity index (χ0n) is 17.6. The Labute approximate surface area is 183 Å². The summed E-state index contributed by atoms with van der Waals surface area (Å²) < 4.78 is 40.0. The van der Waals surface area contributed by atoms with Gasteiger partial charge in [-0.2, -0.15) is 0 Å². The number of sulfone groups is 1. The molecule has 0 aliphatic heterocycles. The third kappa shape index (κ3) is 5.58. The highest BCUT2D eigenvalue weighted by molar-refractivity contribution is 7.91. The zero-order valence-corrected chi connectivity index (χ0v) is 18.4. The lowest BCUT2D eigenvalue weighted by molar-refractivity contribution is -0.129. The van der Waals surface area contributed by atoms with E-state index in [2.05, 4.69) is 5.32 Å². The molecule has 0 spiro atoms. The maximum Gasteiger partial charge on any atom is 0.226 e. The van der Waals surface area contributed by atoms with Crippen molar-refractivity contribution in [1.29, 1.82) is 0 Å². The Hall–Kier alpha value is -2.99. The molecule has 3 aromatic rings. The van der Waals surface area contributed by atoms with Gasteiger partial charge in [-0.15, -0.1) is 0 Å². The van der Waals surface area contributed by atoms with Crippen LogP contribution < -0.4 is 5.32 Å². The maximum atomic E-state index is 13.3. The van der Waals surface area contributed by atoms with Gasteiger partial charge in [0.05, 0.1) is 4.90 Å². The number of halogens is 1. The number of carbonyl (C=O) groups excluding carboxylic acids is 1. The summed E-state index contributed by atoms with van der Waals surface area (Å²) in [6.07, 6.45) is 0.528. The Balaban J connectivity index is 1.83. The Kier molecular flexibility index (Phi) is 6.91. The molecule has 1 atom stereocenters. The van der Waals surface area contributed by atoms with Gasteiger partial charge >= 0.3 is 0 Å². The lowest BCUT2D eigenvalue weighted by Gasteiger charge is -2.26. The van der Waals surface area contributed by atoms with E-state index in [1.54, 1.807) is 30.3 Å². The van der Waals surface area contributed by atoms with E-state index >= 15 is 0 Å². The van der Waals surface area contributed by atoms with Crippen molar-refractivity contribution in [2.45, 2.75) is 30.4 Å². The summed E-state index contributed by atoms with van der Waals surface area (Å²) >= 11 is 0. The van der Waals surface area contributed by atoms with Crippen LogP contribution in [0.2, 0.25) is 0 Å². The molecule has 1 unspecified atom stereocenters. The van der Waals surface area contributed by atoms with Crippen LogP contribution >= 0.6 is 0 Å². The highest BCUT2D eigenvalue weighted by atomic mass is 32.2. The normalized spacial score (nSPS) is 12.9. The number of rotatable bonds is 8. The van der Waals surface area contributed by atoms with Crippen LogP contribution in [0.1, 0.15) is 30.2 Å². The van der Waals surface area contributed by atoms with E-state index < -0.39 is 26.3 Å². The van der Waals surface area contributed by atoms with E-state index in [1.807, 2.05) is 44.2 Å². The molecule has 0 saturated carbocycles. The fourth-order valence-electron chi connectivity index (χ4n) is 3.47. The fraction of sp³-hybridized carbons (Fsp3) is 0.240. The molecule has 0 aliphatic carbocycles. The Morgan fingerprint density at radius 3 is 2.03 bits per heavy atom. The van der Waals surface area contributed by atoms with E-state index in [0.29, 0.717) is 12.0 Å². The van der Waals surface area contributed by atoms with Crippen LogP contribution in [0.4, 0.5) is 4.39 Å². The monoisotopic (exact) mass is 439 g/mol. The van der Waals surface area contributed by atoms with Crippen LogP contribution in [0.5, 0.6) is 0 Å². The zero-order chi connectivity index (χ0) is 22.5. The first-order valence-electron chi connectivity index (χ1n) is 10.1. The second-order valence-electron chi connectivity index (χ2n) is 8.15. The van der Waals surface area contributed by atoms with Gasteiger partial charge < -0.3 is 5.32 Å². The third-order valence-corrected chi connectivity index (χ3v) is 7.36. The predicted molar refractivity (Wildman–Crippen MR) is 120 cm³/mol. The van der Waals surface area contributed by atoms with E-state index in [1.165, 1.54) is 12.1 Å². The predicted octanol–water partition coefficient (Wildman–Crippen LogP) is 4.73. The highest BCUT2D eigenvalue weighted by Gasteiger charge is 2.33. The minimum Gasteiger partial charge on any atom is -0.354 e. The molecule has 0 radical (unpaired) electrons. The number of amides is 1. The van der Waals surface area contributed by atoms with Crippen LogP contribution in [0.15, 0.2) is 89.8 Å². The summed E-state index contributed by atoms with van der Waals surface area (Å²) in [5.41, 5.74) is 0.872. The van der Waals surface area contributed by atoms with Crippen molar-refractivity contribution in [2.75, 3.05) is 6.54 Å². The largest absolute Gasteiger partial charge is 0.354 e. The standard InChI is InChI=1S/C25H26FNO3S/c1-25(2,17-19-9-5-3-6-10-19)24(28)27-18-23(20-11-7-4-8-12-20)31(29,30)22-15-13-21(26)14-16-22/h3-16,23H,17-18H2,1-2H3,(H,27,28). The molecule has 0 saturated heterocycles. The van der Waals surface area contributed by atoms with Crippen LogP contribution in [0.25, 0.3) is 0 Å². The van der Waals surface area contributed by atoms with Crippen molar-refractivity contribution >= 4 is 15.7 Å². The van der Waals surface area contributed by atoms with Crippen molar-refractivity contribution < 1.29 is 17.6 Å². The maximum absolute atomic E-state index is 13.3. The van der Waals surface area contributed by atoms with Gasteiger partial charge in [-0.1, -0.05) is 74.5 Å². The van der Waals surface area contributed by atoms with Gasteiger partial charge in [-0.05, 0) is 41.8 Å². The molecule has 4 nitrogen and oxygen atoms in total.